The third kappa shape index (κ3) is 8.38. The van der Waals surface area contributed by atoms with Crippen molar-refractivity contribution >= 4 is 30.1 Å². The highest BCUT2D eigenvalue weighted by Gasteiger charge is 2.23. The van der Waals surface area contributed by atoms with Crippen LogP contribution in [-0.2, 0) is 4.79 Å². The highest BCUT2D eigenvalue weighted by atomic mass is 35.5. The first-order valence-electron chi connectivity index (χ1n) is 7.85. The molecule has 0 aromatic carbocycles. The number of halogens is 1. The molecule has 5 heteroatoms. The Labute approximate surface area is 134 Å². The van der Waals surface area contributed by atoms with E-state index in [0.717, 1.165) is 5.75 Å². The van der Waals surface area contributed by atoms with E-state index in [4.69, 9.17) is 5.73 Å². The van der Waals surface area contributed by atoms with Gasteiger partial charge in [0, 0.05) is 24.8 Å². The summed E-state index contributed by atoms with van der Waals surface area (Å²) in [6.45, 7) is 2.78. The first kappa shape index (κ1) is 20.1. The Balaban J connectivity index is 0.00000361. The van der Waals surface area contributed by atoms with Crippen molar-refractivity contribution in [2.45, 2.75) is 64.3 Å². The minimum absolute atomic E-state index is 0. The second-order valence-electron chi connectivity index (χ2n) is 5.52. The fourth-order valence-electron chi connectivity index (χ4n) is 2.70. The minimum atomic E-state index is 0. The molecule has 1 unspecified atom stereocenters. The zero-order valence-corrected chi connectivity index (χ0v) is 14.4. The van der Waals surface area contributed by atoms with Gasteiger partial charge in [-0.2, -0.15) is 11.8 Å². The second kappa shape index (κ2) is 12.8. The lowest BCUT2D eigenvalue weighted by Gasteiger charge is -2.30. The zero-order valence-electron chi connectivity index (χ0n) is 12.7. The van der Waals surface area contributed by atoms with Crippen molar-refractivity contribution in [3.05, 3.63) is 0 Å². The van der Waals surface area contributed by atoms with Crippen LogP contribution in [0.5, 0.6) is 0 Å². The smallest absolute Gasteiger partial charge is 0.221 e. The molecule has 1 fully saturated rings. The summed E-state index contributed by atoms with van der Waals surface area (Å²) in [4.78, 5) is 11.9. The van der Waals surface area contributed by atoms with E-state index in [1.165, 1.54) is 50.7 Å². The first-order valence-corrected chi connectivity index (χ1v) is 9.00. The van der Waals surface area contributed by atoms with Crippen molar-refractivity contribution in [3.63, 3.8) is 0 Å². The van der Waals surface area contributed by atoms with Crippen LogP contribution in [0.3, 0.4) is 0 Å². The fraction of sp³-hybridized carbons (Fsp3) is 0.933. The van der Waals surface area contributed by atoms with Gasteiger partial charge in [0.25, 0.3) is 0 Å². The maximum atomic E-state index is 11.9. The van der Waals surface area contributed by atoms with E-state index in [2.05, 4.69) is 12.2 Å². The molecule has 1 saturated carbocycles. The summed E-state index contributed by atoms with van der Waals surface area (Å²) in [5.41, 5.74) is 5.83. The number of thioether (sulfide) groups is 1. The van der Waals surface area contributed by atoms with Gasteiger partial charge in [-0.05, 0) is 30.9 Å². The van der Waals surface area contributed by atoms with Crippen LogP contribution in [-0.4, -0.2) is 30.0 Å². The summed E-state index contributed by atoms with van der Waals surface area (Å²) in [6, 6.07) is 0.202. The van der Waals surface area contributed by atoms with Gasteiger partial charge in [0.2, 0.25) is 5.91 Å². The van der Waals surface area contributed by atoms with Crippen LogP contribution in [0.15, 0.2) is 0 Å². The molecular formula is C15H31ClN2OS. The molecule has 0 spiro atoms. The quantitative estimate of drug-likeness (QED) is 0.640. The Kier molecular flexibility index (Phi) is 12.8. The molecule has 20 heavy (non-hydrogen) atoms. The Bertz CT molecular complexity index is 248. The third-order valence-electron chi connectivity index (χ3n) is 3.93. The SMILES string of the molecule is CCCCSCCC(=O)NC(CN)C1CCCCC1.Cl. The van der Waals surface area contributed by atoms with E-state index >= 15 is 0 Å². The molecule has 1 rings (SSSR count). The average molecular weight is 323 g/mol. The molecule has 1 amide bonds. The molecule has 0 bridgehead atoms. The standard InChI is InChI=1S/C15H30N2OS.ClH/c1-2-3-10-19-11-9-15(18)17-14(12-16)13-7-5-4-6-8-13;/h13-14H,2-12,16H2,1H3,(H,17,18);1H. The Morgan fingerprint density at radius 1 is 1.30 bits per heavy atom. The average Bonchev–Trinajstić information content (AvgIpc) is 2.45. The normalized spacial score (nSPS) is 17.3. The van der Waals surface area contributed by atoms with Crippen molar-refractivity contribution in [1.29, 1.82) is 0 Å². The van der Waals surface area contributed by atoms with Gasteiger partial charge < -0.3 is 11.1 Å². The van der Waals surface area contributed by atoms with Crippen LogP contribution >= 0.6 is 24.2 Å². The topological polar surface area (TPSA) is 55.1 Å². The molecule has 3 N–H and O–H groups in total. The van der Waals surface area contributed by atoms with Crippen molar-refractivity contribution in [2.75, 3.05) is 18.1 Å². The number of rotatable bonds is 9. The second-order valence-corrected chi connectivity index (χ2v) is 6.75. The minimum Gasteiger partial charge on any atom is -0.352 e. The molecular weight excluding hydrogens is 292 g/mol. The molecule has 1 aliphatic rings. The lowest BCUT2D eigenvalue weighted by molar-refractivity contribution is -0.121. The molecule has 0 radical (unpaired) electrons. The number of hydrogen-bond acceptors (Lipinski definition) is 3. The molecule has 0 aliphatic heterocycles. The summed E-state index contributed by atoms with van der Waals surface area (Å²) in [5, 5.41) is 3.15. The van der Waals surface area contributed by atoms with Gasteiger partial charge in [0.1, 0.15) is 0 Å². The summed E-state index contributed by atoms with van der Waals surface area (Å²) >= 11 is 1.88. The van der Waals surface area contributed by atoms with Gasteiger partial charge in [-0.25, -0.2) is 0 Å². The zero-order chi connectivity index (χ0) is 13.9. The van der Waals surface area contributed by atoms with E-state index in [1.54, 1.807) is 0 Å². The Morgan fingerprint density at radius 2 is 2.00 bits per heavy atom. The number of hydrogen-bond donors (Lipinski definition) is 2. The van der Waals surface area contributed by atoms with Gasteiger partial charge in [0.05, 0.1) is 0 Å². The number of unbranched alkanes of at least 4 members (excludes halogenated alkanes) is 1. The Morgan fingerprint density at radius 3 is 2.60 bits per heavy atom. The molecule has 120 valence electrons. The van der Waals surface area contributed by atoms with E-state index in [1.807, 2.05) is 11.8 Å². The van der Waals surface area contributed by atoms with Crippen molar-refractivity contribution in [3.8, 4) is 0 Å². The third-order valence-corrected chi connectivity index (χ3v) is 5.01. The number of amides is 1. The van der Waals surface area contributed by atoms with Crippen LogP contribution in [0.25, 0.3) is 0 Å². The largest absolute Gasteiger partial charge is 0.352 e. The maximum Gasteiger partial charge on any atom is 0.221 e. The van der Waals surface area contributed by atoms with Gasteiger partial charge in [0.15, 0.2) is 0 Å². The summed E-state index contributed by atoms with van der Waals surface area (Å²) in [7, 11) is 0. The molecule has 1 aliphatic carbocycles. The predicted molar refractivity (Wildman–Crippen MR) is 91.7 cm³/mol. The van der Waals surface area contributed by atoms with Crippen molar-refractivity contribution in [2.24, 2.45) is 11.7 Å². The highest BCUT2D eigenvalue weighted by Crippen LogP contribution is 2.26. The predicted octanol–water partition coefficient (Wildman–Crippen LogP) is 3.36. The maximum absolute atomic E-state index is 11.9. The number of nitrogens with two attached hydrogens (primary N) is 1. The van der Waals surface area contributed by atoms with Crippen molar-refractivity contribution in [1.82, 2.24) is 5.32 Å². The monoisotopic (exact) mass is 322 g/mol. The molecule has 0 aromatic heterocycles. The Hall–Kier alpha value is 0.0700. The van der Waals surface area contributed by atoms with E-state index in [0.29, 0.717) is 18.9 Å². The van der Waals surface area contributed by atoms with Gasteiger partial charge >= 0.3 is 0 Å². The fourth-order valence-corrected chi connectivity index (χ4v) is 3.72. The van der Waals surface area contributed by atoms with E-state index < -0.39 is 0 Å². The lowest BCUT2D eigenvalue weighted by atomic mass is 9.84. The van der Waals surface area contributed by atoms with Crippen molar-refractivity contribution < 1.29 is 4.79 Å². The highest BCUT2D eigenvalue weighted by molar-refractivity contribution is 7.99. The van der Waals surface area contributed by atoms with E-state index in [-0.39, 0.29) is 24.4 Å². The van der Waals surface area contributed by atoms with Crippen LogP contribution in [0, 0.1) is 5.92 Å². The number of carbonyl (C=O) groups is 1. The molecule has 1 atom stereocenters. The van der Waals surface area contributed by atoms with Gasteiger partial charge in [-0.1, -0.05) is 32.6 Å². The number of carbonyl (C=O) groups excluding carboxylic acids is 1. The van der Waals surface area contributed by atoms with Crippen LogP contribution < -0.4 is 11.1 Å². The molecule has 0 heterocycles. The van der Waals surface area contributed by atoms with Crippen LogP contribution in [0.1, 0.15) is 58.3 Å². The summed E-state index contributed by atoms with van der Waals surface area (Å²) in [5.74, 6) is 2.90. The molecule has 0 aromatic rings. The summed E-state index contributed by atoms with van der Waals surface area (Å²) < 4.78 is 0. The van der Waals surface area contributed by atoms with Crippen LogP contribution in [0.2, 0.25) is 0 Å². The molecule has 3 nitrogen and oxygen atoms in total. The first-order chi connectivity index (χ1) is 9.27. The van der Waals surface area contributed by atoms with Gasteiger partial charge in [-0.15, -0.1) is 12.4 Å². The summed E-state index contributed by atoms with van der Waals surface area (Å²) in [6.07, 6.45) is 9.51. The lowest BCUT2D eigenvalue weighted by Crippen LogP contribution is -2.46. The van der Waals surface area contributed by atoms with Gasteiger partial charge in [-0.3, -0.25) is 4.79 Å². The van der Waals surface area contributed by atoms with Crippen LogP contribution in [0.4, 0.5) is 0 Å². The molecule has 0 saturated heterocycles. The number of nitrogens with one attached hydrogen (secondary N) is 1. The van der Waals surface area contributed by atoms with E-state index in [9.17, 15) is 4.79 Å².